The third-order valence-electron chi connectivity index (χ3n) is 4.74. The van der Waals surface area contributed by atoms with Gasteiger partial charge in [-0.15, -0.1) is 0 Å². The molecule has 0 bridgehead atoms. The molecule has 132 valence electrons. The summed E-state index contributed by atoms with van der Waals surface area (Å²) < 4.78 is 5.34. The van der Waals surface area contributed by atoms with Crippen molar-refractivity contribution in [3.8, 4) is 5.75 Å². The van der Waals surface area contributed by atoms with Gasteiger partial charge >= 0.3 is 5.97 Å². The second-order valence-corrected chi connectivity index (χ2v) is 7.49. The van der Waals surface area contributed by atoms with Crippen molar-refractivity contribution < 1.29 is 19.4 Å². The van der Waals surface area contributed by atoms with E-state index in [0.29, 0.717) is 24.3 Å². The van der Waals surface area contributed by atoms with Crippen molar-refractivity contribution in [2.24, 2.45) is 11.8 Å². The molecular formula is C19H27NO4. The highest BCUT2D eigenvalue weighted by Gasteiger charge is 2.36. The van der Waals surface area contributed by atoms with E-state index in [2.05, 4.69) is 26.1 Å². The summed E-state index contributed by atoms with van der Waals surface area (Å²) in [6, 6.07) is 5.73. The SMILES string of the molecule is COc1ccc(C(C)(C)C)cc1NC(=O)[C@H]1CCCC[C@@H]1C(=O)O. The predicted molar refractivity (Wildman–Crippen MR) is 93.4 cm³/mol. The lowest BCUT2D eigenvalue weighted by molar-refractivity contribution is -0.147. The van der Waals surface area contributed by atoms with Crippen LogP contribution in [0, 0.1) is 11.8 Å². The Morgan fingerprint density at radius 3 is 2.33 bits per heavy atom. The molecule has 0 saturated heterocycles. The zero-order valence-corrected chi connectivity index (χ0v) is 14.9. The number of benzene rings is 1. The van der Waals surface area contributed by atoms with Crippen molar-refractivity contribution in [1.29, 1.82) is 0 Å². The van der Waals surface area contributed by atoms with Crippen LogP contribution in [0.25, 0.3) is 0 Å². The number of hydrogen-bond donors (Lipinski definition) is 2. The molecule has 2 atom stereocenters. The Kier molecular flexibility index (Phi) is 5.52. The largest absolute Gasteiger partial charge is 0.495 e. The molecule has 0 spiro atoms. The molecule has 1 aromatic rings. The zero-order chi connectivity index (χ0) is 17.9. The molecule has 0 aromatic heterocycles. The number of hydrogen-bond acceptors (Lipinski definition) is 3. The third kappa shape index (κ3) is 4.08. The Labute approximate surface area is 143 Å². The van der Waals surface area contributed by atoms with Crippen molar-refractivity contribution in [3.63, 3.8) is 0 Å². The molecule has 1 saturated carbocycles. The lowest BCUT2D eigenvalue weighted by atomic mass is 9.78. The van der Waals surface area contributed by atoms with Crippen molar-refractivity contribution in [2.75, 3.05) is 12.4 Å². The van der Waals surface area contributed by atoms with Crippen LogP contribution >= 0.6 is 0 Å². The molecule has 24 heavy (non-hydrogen) atoms. The number of aliphatic carboxylic acids is 1. The maximum Gasteiger partial charge on any atom is 0.307 e. The lowest BCUT2D eigenvalue weighted by Crippen LogP contribution is -2.36. The Morgan fingerprint density at radius 2 is 1.79 bits per heavy atom. The van der Waals surface area contributed by atoms with Crippen LogP contribution in [-0.4, -0.2) is 24.1 Å². The van der Waals surface area contributed by atoms with Gasteiger partial charge in [0.15, 0.2) is 0 Å². The Balaban J connectivity index is 2.25. The molecule has 0 heterocycles. The fourth-order valence-corrected chi connectivity index (χ4v) is 3.24. The van der Waals surface area contributed by atoms with Crippen LogP contribution in [-0.2, 0) is 15.0 Å². The summed E-state index contributed by atoms with van der Waals surface area (Å²) in [5, 5.41) is 12.3. The van der Waals surface area contributed by atoms with Gasteiger partial charge in [-0.3, -0.25) is 9.59 Å². The number of carboxylic acid groups (broad SMARTS) is 1. The minimum atomic E-state index is -0.884. The van der Waals surface area contributed by atoms with E-state index in [4.69, 9.17) is 4.74 Å². The van der Waals surface area contributed by atoms with Crippen LogP contribution in [0.3, 0.4) is 0 Å². The molecular weight excluding hydrogens is 306 g/mol. The number of carboxylic acids is 1. The van der Waals surface area contributed by atoms with Crippen molar-refractivity contribution in [3.05, 3.63) is 23.8 Å². The van der Waals surface area contributed by atoms with E-state index in [1.54, 1.807) is 7.11 Å². The summed E-state index contributed by atoms with van der Waals surface area (Å²) in [6.45, 7) is 6.30. The molecule has 1 aliphatic carbocycles. The minimum absolute atomic E-state index is 0.0554. The highest BCUT2D eigenvalue weighted by Crippen LogP contribution is 2.34. The Hall–Kier alpha value is -2.04. The molecule has 2 rings (SSSR count). The van der Waals surface area contributed by atoms with Crippen LogP contribution in [0.4, 0.5) is 5.69 Å². The average Bonchev–Trinajstić information content (AvgIpc) is 2.53. The molecule has 2 N–H and O–H groups in total. The van der Waals surface area contributed by atoms with Crippen LogP contribution in [0.2, 0.25) is 0 Å². The van der Waals surface area contributed by atoms with E-state index in [0.717, 1.165) is 18.4 Å². The van der Waals surface area contributed by atoms with Crippen LogP contribution in [0.1, 0.15) is 52.0 Å². The Bertz CT molecular complexity index is 618. The summed E-state index contributed by atoms with van der Waals surface area (Å²) in [7, 11) is 1.56. The predicted octanol–water partition coefficient (Wildman–Crippen LogP) is 3.82. The van der Waals surface area contributed by atoms with Gasteiger partial charge in [0.25, 0.3) is 0 Å². The van der Waals surface area contributed by atoms with Gasteiger partial charge in [0, 0.05) is 0 Å². The van der Waals surface area contributed by atoms with E-state index in [9.17, 15) is 14.7 Å². The number of carbonyl (C=O) groups is 2. The quantitative estimate of drug-likeness (QED) is 0.878. The highest BCUT2D eigenvalue weighted by molar-refractivity contribution is 5.96. The summed E-state index contributed by atoms with van der Waals surface area (Å²) in [6.07, 6.45) is 2.93. The van der Waals surface area contributed by atoms with Crippen molar-refractivity contribution in [1.82, 2.24) is 0 Å². The van der Waals surface area contributed by atoms with E-state index in [1.165, 1.54) is 0 Å². The average molecular weight is 333 g/mol. The topological polar surface area (TPSA) is 75.6 Å². The standard InChI is InChI=1S/C19H27NO4/c1-19(2,3)12-9-10-16(24-4)15(11-12)20-17(21)13-7-5-6-8-14(13)18(22)23/h9-11,13-14H,5-8H2,1-4H3,(H,20,21)(H,22,23)/t13-,14-/m0/s1. The molecule has 1 aromatic carbocycles. The van der Waals surface area contributed by atoms with E-state index >= 15 is 0 Å². The van der Waals surface area contributed by atoms with Gasteiger partial charge in [0.05, 0.1) is 24.6 Å². The second kappa shape index (κ2) is 7.24. The van der Waals surface area contributed by atoms with Crippen molar-refractivity contribution in [2.45, 2.75) is 51.9 Å². The summed E-state index contributed by atoms with van der Waals surface area (Å²) in [5.74, 6) is -1.62. The van der Waals surface area contributed by atoms with Gasteiger partial charge in [-0.05, 0) is 36.0 Å². The summed E-state index contributed by atoms with van der Waals surface area (Å²) in [5.41, 5.74) is 1.63. The van der Waals surface area contributed by atoms with Crippen LogP contribution in [0.5, 0.6) is 5.75 Å². The van der Waals surface area contributed by atoms with E-state index < -0.39 is 17.8 Å². The fourth-order valence-electron chi connectivity index (χ4n) is 3.24. The number of amides is 1. The smallest absolute Gasteiger partial charge is 0.307 e. The molecule has 1 fully saturated rings. The first-order valence-corrected chi connectivity index (χ1v) is 8.46. The molecule has 1 aliphatic rings. The number of carbonyl (C=O) groups excluding carboxylic acids is 1. The highest BCUT2D eigenvalue weighted by atomic mass is 16.5. The first-order valence-electron chi connectivity index (χ1n) is 8.46. The van der Waals surface area contributed by atoms with Crippen LogP contribution < -0.4 is 10.1 Å². The second-order valence-electron chi connectivity index (χ2n) is 7.49. The van der Waals surface area contributed by atoms with Gasteiger partial charge in [0.2, 0.25) is 5.91 Å². The molecule has 1 amide bonds. The van der Waals surface area contributed by atoms with Gasteiger partial charge in [-0.25, -0.2) is 0 Å². The van der Waals surface area contributed by atoms with E-state index in [1.807, 2.05) is 18.2 Å². The molecule has 0 radical (unpaired) electrons. The normalized spacial score (nSPS) is 21.2. The number of methoxy groups -OCH3 is 1. The number of rotatable bonds is 4. The lowest BCUT2D eigenvalue weighted by Gasteiger charge is -2.28. The Morgan fingerprint density at radius 1 is 1.17 bits per heavy atom. The van der Waals surface area contributed by atoms with Crippen LogP contribution in [0.15, 0.2) is 18.2 Å². The van der Waals surface area contributed by atoms with Gasteiger partial charge < -0.3 is 15.2 Å². The number of nitrogens with one attached hydrogen (secondary N) is 1. The third-order valence-corrected chi connectivity index (χ3v) is 4.74. The summed E-state index contributed by atoms with van der Waals surface area (Å²) in [4.78, 5) is 24.1. The first kappa shape index (κ1) is 18.3. The van der Waals surface area contributed by atoms with Gasteiger partial charge in [0.1, 0.15) is 5.75 Å². The molecule has 5 heteroatoms. The maximum absolute atomic E-state index is 12.7. The maximum atomic E-state index is 12.7. The van der Waals surface area contributed by atoms with Gasteiger partial charge in [-0.1, -0.05) is 39.7 Å². The monoisotopic (exact) mass is 333 g/mol. The first-order chi connectivity index (χ1) is 11.2. The minimum Gasteiger partial charge on any atom is -0.495 e. The van der Waals surface area contributed by atoms with E-state index in [-0.39, 0.29) is 11.3 Å². The fraction of sp³-hybridized carbons (Fsp3) is 0.579. The molecule has 0 unspecified atom stereocenters. The zero-order valence-electron chi connectivity index (χ0n) is 14.9. The van der Waals surface area contributed by atoms with Crippen molar-refractivity contribution >= 4 is 17.6 Å². The van der Waals surface area contributed by atoms with Gasteiger partial charge in [-0.2, -0.15) is 0 Å². The summed E-state index contributed by atoms with van der Waals surface area (Å²) >= 11 is 0. The molecule has 0 aliphatic heterocycles. The number of anilines is 1. The number of ether oxygens (including phenoxy) is 1. The molecule has 5 nitrogen and oxygen atoms in total.